The highest BCUT2D eigenvalue weighted by Crippen LogP contribution is 2.33. The number of benzene rings is 2. The van der Waals surface area contributed by atoms with Crippen LogP contribution in [0.5, 0.6) is 0 Å². The van der Waals surface area contributed by atoms with E-state index in [-0.39, 0.29) is 12.5 Å². The van der Waals surface area contributed by atoms with Crippen LogP contribution in [0.25, 0.3) is 0 Å². The van der Waals surface area contributed by atoms with Gasteiger partial charge in [0.1, 0.15) is 11.9 Å². The fraction of sp³-hybridized carbons (Fsp3) is 0.231. The molecule has 8 heteroatoms. The van der Waals surface area contributed by atoms with Gasteiger partial charge in [-0.05, 0) is 74.2 Å². The highest BCUT2D eigenvalue weighted by atomic mass is 35.5. The fourth-order valence-corrected chi connectivity index (χ4v) is 3.90. The third-order valence-electron chi connectivity index (χ3n) is 5.54. The normalized spacial score (nSPS) is 17.4. The topological polar surface area (TPSA) is 116 Å². The quantitative estimate of drug-likeness (QED) is 0.348. The van der Waals surface area contributed by atoms with Gasteiger partial charge in [-0.3, -0.25) is 9.79 Å². The van der Waals surface area contributed by atoms with E-state index >= 15 is 0 Å². The summed E-state index contributed by atoms with van der Waals surface area (Å²) in [4.78, 5) is 22.7. The number of nitrogen functional groups attached to an aromatic ring is 1. The molecule has 0 spiro atoms. The van der Waals surface area contributed by atoms with Crippen molar-refractivity contribution < 1.29 is 4.79 Å². The highest BCUT2D eigenvalue weighted by Gasteiger charge is 2.28. The molecule has 3 rings (SSSR count). The Hall–Kier alpha value is -3.71. The zero-order chi connectivity index (χ0) is 24.8. The number of aliphatic imine (C=N–C) groups is 2. The summed E-state index contributed by atoms with van der Waals surface area (Å²) in [7, 11) is 0. The number of carbonyl (C=O) groups excluding carboxylic acids is 1. The molecule has 2 aromatic rings. The van der Waals surface area contributed by atoms with Crippen molar-refractivity contribution in [3.63, 3.8) is 0 Å². The van der Waals surface area contributed by atoms with Crippen LogP contribution in [0.3, 0.4) is 0 Å². The Morgan fingerprint density at radius 1 is 1.26 bits per heavy atom. The van der Waals surface area contributed by atoms with Crippen molar-refractivity contribution >= 4 is 47.1 Å². The zero-order valence-electron chi connectivity index (χ0n) is 19.7. The van der Waals surface area contributed by atoms with Crippen molar-refractivity contribution in [2.45, 2.75) is 33.7 Å². The van der Waals surface area contributed by atoms with E-state index in [1.807, 2.05) is 58.0 Å². The number of carbonyl (C=O) groups is 1. The molecular formula is C26H29ClN6O. The van der Waals surface area contributed by atoms with Crippen LogP contribution in [0.4, 0.5) is 11.4 Å². The number of halogens is 1. The Morgan fingerprint density at radius 3 is 2.68 bits per heavy atom. The Balaban J connectivity index is 2.07. The molecule has 0 aliphatic carbocycles. The zero-order valence-corrected chi connectivity index (χ0v) is 20.5. The van der Waals surface area contributed by atoms with E-state index in [1.54, 1.807) is 18.4 Å². The Bertz CT molecular complexity index is 1240. The summed E-state index contributed by atoms with van der Waals surface area (Å²) in [6.07, 6.45) is 4.63. The average Bonchev–Trinajstić information content (AvgIpc) is 2.94. The Kier molecular flexibility index (Phi) is 8.02. The molecule has 176 valence electrons. The van der Waals surface area contributed by atoms with Crippen LogP contribution in [0, 0.1) is 19.3 Å². The van der Waals surface area contributed by atoms with Crippen LogP contribution in [0.2, 0.25) is 5.02 Å². The van der Waals surface area contributed by atoms with Crippen LogP contribution in [-0.4, -0.2) is 30.7 Å². The standard InChI is InChI=1S/C26H29ClN6O/c1-5-18(12-28)13-31-26(34)24-17(4)32-23(33-22-9-6-15(2)10-21(22)29)14-30-25(24)20-8-7-19(27)11-16(20)3/h5-12,14,25,28H,13,29H2,1-4H3,(H,31,34)(H,32,33)/b18-5+,28-12?. The van der Waals surface area contributed by atoms with Crippen molar-refractivity contribution in [2.75, 3.05) is 12.3 Å². The van der Waals surface area contributed by atoms with E-state index in [2.05, 4.69) is 15.6 Å². The molecule has 0 fully saturated rings. The van der Waals surface area contributed by atoms with Crippen LogP contribution >= 0.6 is 11.6 Å². The first-order chi connectivity index (χ1) is 16.2. The van der Waals surface area contributed by atoms with Crippen molar-refractivity contribution in [1.82, 2.24) is 10.6 Å². The van der Waals surface area contributed by atoms with Crippen molar-refractivity contribution in [1.29, 1.82) is 5.41 Å². The highest BCUT2D eigenvalue weighted by molar-refractivity contribution is 6.31. The third-order valence-corrected chi connectivity index (χ3v) is 5.78. The number of hydrogen-bond acceptors (Lipinski definition) is 5. The predicted octanol–water partition coefficient (Wildman–Crippen LogP) is 4.97. The summed E-state index contributed by atoms with van der Waals surface area (Å²) < 4.78 is 0. The maximum atomic E-state index is 13.3. The second kappa shape index (κ2) is 10.9. The lowest BCUT2D eigenvalue weighted by molar-refractivity contribution is -0.117. The van der Waals surface area contributed by atoms with Crippen LogP contribution in [0.15, 0.2) is 69.3 Å². The summed E-state index contributed by atoms with van der Waals surface area (Å²) in [5.74, 6) is 0.194. The van der Waals surface area contributed by atoms with Gasteiger partial charge in [0.25, 0.3) is 5.91 Å². The van der Waals surface area contributed by atoms with Gasteiger partial charge in [0, 0.05) is 23.5 Å². The lowest BCUT2D eigenvalue weighted by atomic mass is 9.93. The van der Waals surface area contributed by atoms with E-state index in [4.69, 9.17) is 27.7 Å². The second-order valence-corrected chi connectivity index (χ2v) is 8.53. The monoisotopic (exact) mass is 476 g/mol. The molecule has 0 radical (unpaired) electrons. The first kappa shape index (κ1) is 24.9. The summed E-state index contributed by atoms with van der Waals surface area (Å²) in [5, 5.41) is 14.2. The SMILES string of the molecule is C/C=C(\C=N)CNC(=O)C1=C(C)NC(=Nc2ccc(C)cc2N)C=NC1c1ccc(Cl)cc1C. The molecule has 1 atom stereocenters. The van der Waals surface area contributed by atoms with Crippen molar-refractivity contribution in [2.24, 2.45) is 9.98 Å². The van der Waals surface area contributed by atoms with Gasteiger partial charge in [-0.15, -0.1) is 0 Å². The summed E-state index contributed by atoms with van der Waals surface area (Å²) in [5.41, 5.74) is 11.9. The summed E-state index contributed by atoms with van der Waals surface area (Å²) >= 11 is 6.17. The maximum Gasteiger partial charge on any atom is 0.251 e. The molecule has 1 aliphatic heterocycles. The predicted molar refractivity (Wildman–Crippen MR) is 141 cm³/mol. The van der Waals surface area contributed by atoms with Gasteiger partial charge in [0.2, 0.25) is 0 Å². The molecule has 1 aliphatic rings. The van der Waals surface area contributed by atoms with Gasteiger partial charge in [-0.1, -0.05) is 29.8 Å². The second-order valence-electron chi connectivity index (χ2n) is 8.10. The number of nitrogens with zero attached hydrogens (tertiary/aromatic N) is 2. The Labute approximate surface area is 205 Å². The molecule has 0 aromatic heterocycles. The van der Waals surface area contributed by atoms with Crippen LogP contribution in [0.1, 0.15) is 36.6 Å². The number of aryl methyl sites for hydroxylation is 2. The minimum Gasteiger partial charge on any atom is -0.397 e. The Morgan fingerprint density at radius 2 is 2.03 bits per heavy atom. The lowest BCUT2D eigenvalue weighted by Gasteiger charge is -2.20. The number of nitrogens with one attached hydrogen (secondary N) is 3. The van der Waals surface area contributed by atoms with Crippen molar-refractivity contribution in [3.05, 3.63) is 81.0 Å². The molecule has 0 saturated carbocycles. The van der Waals surface area contributed by atoms with E-state index in [0.717, 1.165) is 16.7 Å². The smallest absolute Gasteiger partial charge is 0.251 e. The van der Waals surface area contributed by atoms with E-state index in [1.165, 1.54) is 6.21 Å². The first-order valence-electron chi connectivity index (χ1n) is 10.9. The molecular weight excluding hydrogens is 448 g/mol. The number of allylic oxidation sites excluding steroid dienone is 2. The third kappa shape index (κ3) is 5.80. The fourth-order valence-electron chi connectivity index (χ4n) is 3.67. The molecule has 1 unspecified atom stereocenters. The van der Waals surface area contributed by atoms with Crippen LogP contribution in [-0.2, 0) is 4.79 Å². The van der Waals surface area contributed by atoms with Crippen molar-refractivity contribution in [3.8, 4) is 0 Å². The van der Waals surface area contributed by atoms with Gasteiger partial charge < -0.3 is 21.8 Å². The minimum absolute atomic E-state index is 0.243. The largest absolute Gasteiger partial charge is 0.397 e. The lowest BCUT2D eigenvalue weighted by Crippen LogP contribution is -2.32. The van der Waals surface area contributed by atoms with E-state index in [9.17, 15) is 4.79 Å². The first-order valence-corrected chi connectivity index (χ1v) is 11.3. The minimum atomic E-state index is -0.568. The molecule has 0 bridgehead atoms. The molecule has 2 aromatic carbocycles. The average molecular weight is 477 g/mol. The number of amides is 1. The molecule has 5 N–H and O–H groups in total. The van der Waals surface area contributed by atoms with E-state index < -0.39 is 6.04 Å². The number of amidine groups is 1. The van der Waals surface area contributed by atoms with E-state index in [0.29, 0.717) is 39.1 Å². The molecule has 7 nitrogen and oxygen atoms in total. The summed E-state index contributed by atoms with van der Waals surface area (Å²) in [6.45, 7) is 7.80. The number of rotatable bonds is 6. The van der Waals surface area contributed by atoms with Gasteiger partial charge in [0.15, 0.2) is 0 Å². The number of nitrogens with two attached hydrogens (primary N) is 1. The van der Waals surface area contributed by atoms with Gasteiger partial charge in [-0.2, -0.15) is 0 Å². The number of anilines is 1. The van der Waals surface area contributed by atoms with Gasteiger partial charge in [-0.25, -0.2) is 4.99 Å². The molecule has 0 saturated heterocycles. The van der Waals surface area contributed by atoms with Gasteiger partial charge >= 0.3 is 0 Å². The molecule has 1 amide bonds. The van der Waals surface area contributed by atoms with Crippen LogP contribution < -0.4 is 16.4 Å². The van der Waals surface area contributed by atoms with Gasteiger partial charge in [0.05, 0.1) is 23.2 Å². The number of hydrogen-bond donors (Lipinski definition) is 4. The maximum absolute atomic E-state index is 13.3. The summed E-state index contributed by atoms with van der Waals surface area (Å²) in [6, 6.07) is 10.6. The molecule has 1 heterocycles. The molecule has 34 heavy (non-hydrogen) atoms.